The first kappa shape index (κ1) is 13.7. The molecule has 4 nitrogen and oxygen atoms in total. The van der Waals surface area contributed by atoms with Crippen molar-refractivity contribution in [3.63, 3.8) is 0 Å². The molecule has 0 amide bonds. The summed E-state index contributed by atoms with van der Waals surface area (Å²) in [7, 11) is 0. The molecule has 0 fully saturated rings. The standard InChI is InChI=1S/C12H13F2N3OS/c1-2-5-15-12-11(16-17-19-12)7-18-8-3-4-9(13)10(14)6-8/h3-4,6,15H,2,5,7H2,1H3. The summed E-state index contributed by atoms with van der Waals surface area (Å²) in [5, 5.41) is 7.95. The Bertz CT molecular complexity index is 548. The maximum absolute atomic E-state index is 13.0. The minimum Gasteiger partial charge on any atom is -0.487 e. The molecule has 0 spiro atoms. The zero-order valence-electron chi connectivity index (χ0n) is 10.3. The first-order chi connectivity index (χ1) is 9.20. The van der Waals surface area contributed by atoms with Gasteiger partial charge in [-0.05, 0) is 18.6 Å². The molecule has 1 heterocycles. The van der Waals surface area contributed by atoms with Gasteiger partial charge in [0.1, 0.15) is 23.1 Å². The second kappa shape index (κ2) is 6.42. The molecule has 0 aliphatic heterocycles. The van der Waals surface area contributed by atoms with E-state index < -0.39 is 11.6 Å². The predicted octanol–water partition coefficient (Wildman–Crippen LogP) is 3.22. The third-order valence-corrected chi connectivity index (χ3v) is 3.08. The highest BCUT2D eigenvalue weighted by atomic mass is 32.1. The SMILES string of the molecule is CCCNc1snnc1COc1ccc(F)c(F)c1. The van der Waals surface area contributed by atoms with Crippen LogP contribution in [0.25, 0.3) is 0 Å². The number of nitrogens with one attached hydrogen (secondary N) is 1. The highest BCUT2D eigenvalue weighted by Crippen LogP contribution is 2.21. The van der Waals surface area contributed by atoms with Gasteiger partial charge in [0.05, 0.1) is 0 Å². The summed E-state index contributed by atoms with van der Waals surface area (Å²) in [5.74, 6) is -1.57. The first-order valence-corrected chi connectivity index (χ1v) is 6.61. The second-order valence-corrected chi connectivity index (χ2v) is 4.59. The van der Waals surface area contributed by atoms with Crippen LogP contribution in [0.2, 0.25) is 0 Å². The predicted molar refractivity (Wildman–Crippen MR) is 69.4 cm³/mol. The normalized spacial score (nSPS) is 10.5. The molecule has 7 heteroatoms. The molecule has 2 aromatic rings. The van der Waals surface area contributed by atoms with E-state index in [1.54, 1.807) is 0 Å². The summed E-state index contributed by atoms with van der Waals surface area (Å²) >= 11 is 1.24. The van der Waals surface area contributed by atoms with Crippen molar-refractivity contribution in [3.8, 4) is 5.75 Å². The molecule has 0 unspecified atom stereocenters. The minimum atomic E-state index is -0.932. The molecule has 0 radical (unpaired) electrons. The van der Waals surface area contributed by atoms with Crippen molar-refractivity contribution >= 4 is 16.5 Å². The van der Waals surface area contributed by atoms with E-state index in [4.69, 9.17) is 4.74 Å². The Balaban J connectivity index is 1.98. The maximum atomic E-state index is 13.0. The van der Waals surface area contributed by atoms with Crippen LogP contribution in [0.3, 0.4) is 0 Å². The van der Waals surface area contributed by atoms with Crippen LogP contribution in [0.4, 0.5) is 13.8 Å². The molecular formula is C12H13F2N3OS. The number of ether oxygens (including phenoxy) is 1. The van der Waals surface area contributed by atoms with Crippen LogP contribution in [-0.2, 0) is 6.61 Å². The summed E-state index contributed by atoms with van der Waals surface area (Å²) in [6.07, 6.45) is 0.987. The number of anilines is 1. The van der Waals surface area contributed by atoms with Crippen LogP contribution >= 0.6 is 11.5 Å². The minimum absolute atomic E-state index is 0.160. The molecule has 0 saturated heterocycles. The summed E-state index contributed by atoms with van der Waals surface area (Å²) in [5.41, 5.74) is 0.656. The fourth-order valence-corrected chi connectivity index (χ4v) is 1.99. The summed E-state index contributed by atoms with van der Waals surface area (Å²) < 4.78 is 35.0. The summed E-state index contributed by atoms with van der Waals surface area (Å²) in [4.78, 5) is 0. The quantitative estimate of drug-likeness (QED) is 0.885. The molecule has 1 aromatic heterocycles. The van der Waals surface area contributed by atoms with Crippen molar-refractivity contribution < 1.29 is 13.5 Å². The van der Waals surface area contributed by atoms with Gasteiger partial charge >= 0.3 is 0 Å². The molecule has 19 heavy (non-hydrogen) atoms. The van der Waals surface area contributed by atoms with Crippen LogP contribution in [0.5, 0.6) is 5.75 Å². The molecule has 1 aromatic carbocycles. The van der Waals surface area contributed by atoms with Gasteiger partial charge in [-0.15, -0.1) is 5.10 Å². The Morgan fingerprint density at radius 2 is 2.16 bits per heavy atom. The summed E-state index contributed by atoms with van der Waals surface area (Å²) in [6.45, 7) is 3.04. The number of hydrogen-bond donors (Lipinski definition) is 1. The number of hydrogen-bond acceptors (Lipinski definition) is 5. The van der Waals surface area contributed by atoms with E-state index in [0.717, 1.165) is 30.1 Å². The van der Waals surface area contributed by atoms with E-state index in [0.29, 0.717) is 5.69 Å². The molecule has 0 aliphatic carbocycles. The average Bonchev–Trinajstić information content (AvgIpc) is 2.85. The zero-order valence-corrected chi connectivity index (χ0v) is 11.1. The summed E-state index contributed by atoms with van der Waals surface area (Å²) in [6, 6.07) is 3.41. The van der Waals surface area contributed by atoms with Crippen LogP contribution in [0, 0.1) is 11.6 Å². The Morgan fingerprint density at radius 1 is 1.32 bits per heavy atom. The van der Waals surface area contributed by atoms with E-state index >= 15 is 0 Å². The highest BCUT2D eigenvalue weighted by Gasteiger charge is 2.09. The Hall–Kier alpha value is -1.76. The Morgan fingerprint density at radius 3 is 2.89 bits per heavy atom. The number of halogens is 2. The number of aromatic nitrogens is 2. The maximum Gasteiger partial charge on any atom is 0.162 e. The van der Waals surface area contributed by atoms with E-state index in [-0.39, 0.29) is 12.4 Å². The molecular weight excluding hydrogens is 272 g/mol. The monoisotopic (exact) mass is 285 g/mol. The Labute approximate surface area is 113 Å². The van der Waals surface area contributed by atoms with E-state index in [2.05, 4.69) is 21.8 Å². The lowest BCUT2D eigenvalue weighted by molar-refractivity contribution is 0.299. The van der Waals surface area contributed by atoms with Crippen molar-refractivity contribution in [1.29, 1.82) is 0 Å². The van der Waals surface area contributed by atoms with Crippen molar-refractivity contribution in [2.45, 2.75) is 20.0 Å². The van der Waals surface area contributed by atoms with Gasteiger partial charge < -0.3 is 10.1 Å². The number of nitrogens with zero attached hydrogens (tertiary/aromatic N) is 2. The lowest BCUT2D eigenvalue weighted by Gasteiger charge is -2.06. The fraction of sp³-hybridized carbons (Fsp3) is 0.333. The van der Waals surface area contributed by atoms with Crippen molar-refractivity contribution in [3.05, 3.63) is 35.5 Å². The molecule has 2 rings (SSSR count). The van der Waals surface area contributed by atoms with Crippen molar-refractivity contribution in [2.24, 2.45) is 0 Å². The van der Waals surface area contributed by atoms with Crippen LogP contribution in [0.15, 0.2) is 18.2 Å². The smallest absolute Gasteiger partial charge is 0.162 e. The first-order valence-electron chi connectivity index (χ1n) is 5.83. The van der Waals surface area contributed by atoms with E-state index in [1.807, 2.05) is 0 Å². The van der Waals surface area contributed by atoms with E-state index in [9.17, 15) is 8.78 Å². The van der Waals surface area contributed by atoms with E-state index in [1.165, 1.54) is 17.6 Å². The average molecular weight is 285 g/mol. The highest BCUT2D eigenvalue weighted by molar-refractivity contribution is 7.10. The fourth-order valence-electron chi connectivity index (χ4n) is 1.39. The van der Waals surface area contributed by atoms with Crippen molar-refractivity contribution in [2.75, 3.05) is 11.9 Å². The third-order valence-electron chi connectivity index (χ3n) is 2.36. The van der Waals surface area contributed by atoms with Gasteiger partial charge in [0.2, 0.25) is 0 Å². The van der Waals surface area contributed by atoms with Gasteiger partial charge in [-0.3, -0.25) is 0 Å². The van der Waals surface area contributed by atoms with Gasteiger partial charge in [0.15, 0.2) is 11.6 Å². The van der Waals surface area contributed by atoms with Gasteiger partial charge in [-0.1, -0.05) is 11.4 Å². The molecule has 0 saturated carbocycles. The zero-order chi connectivity index (χ0) is 13.7. The number of rotatable bonds is 6. The van der Waals surface area contributed by atoms with Gasteiger partial charge in [-0.2, -0.15) is 0 Å². The van der Waals surface area contributed by atoms with Gasteiger partial charge in [0.25, 0.3) is 0 Å². The van der Waals surface area contributed by atoms with Gasteiger partial charge in [0, 0.05) is 24.1 Å². The topological polar surface area (TPSA) is 47.0 Å². The largest absolute Gasteiger partial charge is 0.487 e. The van der Waals surface area contributed by atoms with Crippen molar-refractivity contribution in [1.82, 2.24) is 9.59 Å². The molecule has 0 atom stereocenters. The third kappa shape index (κ3) is 3.60. The molecule has 1 N–H and O–H groups in total. The molecule has 0 aliphatic rings. The second-order valence-electron chi connectivity index (χ2n) is 3.84. The van der Waals surface area contributed by atoms with Gasteiger partial charge in [-0.25, -0.2) is 8.78 Å². The lowest BCUT2D eigenvalue weighted by Crippen LogP contribution is -2.04. The Kier molecular flexibility index (Phi) is 4.62. The van der Waals surface area contributed by atoms with Crippen LogP contribution in [0.1, 0.15) is 19.0 Å². The van der Waals surface area contributed by atoms with Crippen LogP contribution < -0.4 is 10.1 Å². The molecule has 0 bridgehead atoms. The van der Waals surface area contributed by atoms with Crippen LogP contribution in [-0.4, -0.2) is 16.1 Å². The molecule has 102 valence electrons. The number of benzene rings is 1. The lowest BCUT2D eigenvalue weighted by atomic mass is 10.3.